The van der Waals surface area contributed by atoms with Crippen molar-refractivity contribution in [1.29, 1.82) is 0 Å². The zero-order valence-corrected chi connectivity index (χ0v) is 10.4. The fraction of sp³-hybridized carbons (Fsp3) is 0.857. The van der Waals surface area contributed by atoms with E-state index in [0.717, 1.165) is 11.8 Å². The molecule has 0 saturated carbocycles. The predicted molar refractivity (Wildman–Crippen MR) is 66.5 cm³/mol. The molecule has 2 unspecified atom stereocenters. The minimum atomic E-state index is 0.935. The van der Waals surface area contributed by atoms with Crippen molar-refractivity contribution in [2.24, 2.45) is 11.8 Å². The van der Waals surface area contributed by atoms with Gasteiger partial charge in [-0.05, 0) is 24.7 Å². The van der Waals surface area contributed by atoms with Crippen LogP contribution in [-0.4, -0.2) is 0 Å². The number of rotatable bonds is 9. The molecule has 0 aromatic heterocycles. The fourth-order valence-electron chi connectivity index (χ4n) is 2.34. The lowest BCUT2D eigenvalue weighted by molar-refractivity contribution is 0.274. The Balaban J connectivity index is 3.92. The topological polar surface area (TPSA) is 0 Å². The highest BCUT2D eigenvalue weighted by Gasteiger charge is 2.16. The summed E-state index contributed by atoms with van der Waals surface area (Å²) >= 11 is 0. The van der Waals surface area contributed by atoms with E-state index in [4.69, 9.17) is 0 Å². The van der Waals surface area contributed by atoms with E-state index in [1.54, 1.807) is 0 Å². The smallest absolute Gasteiger partial charge is 0.0351 e. The summed E-state index contributed by atoms with van der Waals surface area (Å²) in [7, 11) is 0. The molecule has 0 amide bonds. The first-order valence-electron chi connectivity index (χ1n) is 6.40. The van der Waals surface area contributed by atoms with Gasteiger partial charge in [-0.3, -0.25) is 0 Å². The molecule has 0 saturated heterocycles. The first kappa shape index (κ1) is 13.7. The summed E-state index contributed by atoms with van der Waals surface area (Å²) in [5.41, 5.74) is 0. The van der Waals surface area contributed by atoms with E-state index in [2.05, 4.69) is 33.4 Å². The number of allylic oxidation sites excluding steroid dienone is 1. The fourth-order valence-corrected chi connectivity index (χ4v) is 2.34. The molecule has 0 aliphatic carbocycles. The molecule has 0 aromatic carbocycles. The van der Waals surface area contributed by atoms with Gasteiger partial charge in [0, 0.05) is 0 Å². The molecule has 0 radical (unpaired) electrons. The van der Waals surface area contributed by atoms with Crippen molar-refractivity contribution < 1.29 is 0 Å². The van der Waals surface area contributed by atoms with Crippen molar-refractivity contribution in [1.82, 2.24) is 0 Å². The summed E-state index contributed by atoms with van der Waals surface area (Å²) in [4.78, 5) is 0. The van der Waals surface area contributed by atoms with Crippen molar-refractivity contribution in [3.05, 3.63) is 12.7 Å². The maximum Gasteiger partial charge on any atom is -0.0351 e. The van der Waals surface area contributed by atoms with E-state index in [-0.39, 0.29) is 0 Å². The second-order valence-electron chi connectivity index (χ2n) is 4.34. The van der Waals surface area contributed by atoms with Crippen LogP contribution in [0.5, 0.6) is 0 Å². The minimum Gasteiger partial charge on any atom is -0.103 e. The molecule has 0 aliphatic heterocycles. The lowest BCUT2D eigenvalue weighted by Crippen LogP contribution is -2.13. The highest BCUT2D eigenvalue weighted by molar-refractivity contribution is 4.73. The van der Waals surface area contributed by atoms with Crippen molar-refractivity contribution in [2.45, 2.75) is 65.7 Å². The van der Waals surface area contributed by atoms with Crippen LogP contribution >= 0.6 is 0 Å². The van der Waals surface area contributed by atoms with Crippen LogP contribution in [0.15, 0.2) is 12.7 Å². The van der Waals surface area contributed by atoms with Crippen LogP contribution in [0.25, 0.3) is 0 Å². The van der Waals surface area contributed by atoms with Gasteiger partial charge in [-0.15, -0.1) is 6.58 Å². The predicted octanol–water partition coefficient (Wildman–Crippen LogP) is 5.20. The highest BCUT2D eigenvalue weighted by atomic mass is 14.2. The maximum absolute atomic E-state index is 3.81. The lowest BCUT2D eigenvalue weighted by Gasteiger charge is -2.24. The first-order chi connectivity index (χ1) is 6.79. The van der Waals surface area contributed by atoms with Crippen LogP contribution in [0.2, 0.25) is 0 Å². The average Bonchev–Trinajstić information content (AvgIpc) is 2.23. The Bertz CT molecular complexity index is 126. The van der Waals surface area contributed by atoms with Gasteiger partial charge in [0.05, 0.1) is 0 Å². The summed E-state index contributed by atoms with van der Waals surface area (Å²) in [6, 6.07) is 0. The average molecular weight is 196 g/mol. The maximum atomic E-state index is 3.81. The van der Waals surface area contributed by atoms with Gasteiger partial charge in [-0.2, -0.15) is 0 Å². The van der Waals surface area contributed by atoms with Crippen LogP contribution in [-0.2, 0) is 0 Å². The van der Waals surface area contributed by atoms with Crippen molar-refractivity contribution in [3.8, 4) is 0 Å². The van der Waals surface area contributed by atoms with Crippen LogP contribution in [0.3, 0.4) is 0 Å². The molecule has 0 fully saturated rings. The third-order valence-corrected chi connectivity index (χ3v) is 3.39. The summed E-state index contributed by atoms with van der Waals surface area (Å²) in [5.74, 6) is 1.89. The molecule has 0 heteroatoms. The Hall–Kier alpha value is -0.260. The van der Waals surface area contributed by atoms with Gasteiger partial charge in [0.2, 0.25) is 0 Å². The summed E-state index contributed by atoms with van der Waals surface area (Å²) in [6.07, 6.45) is 11.5. The Morgan fingerprint density at radius 3 is 2.00 bits per heavy atom. The van der Waals surface area contributed by atoms with E-state index >= 15 is 0 Å². The molecule has 0 N–H and O–H groups in total. The van der Waals surface area contributed by atoms with Gasteiger partial charge in [0.15, 0.2) is 0 Å². The van der Waals surface area contributed by atoms with Crippen LogP contribution < -0.4 is 0 Å². The third-order valence-electron chi connectivity index (χ3n) is 3.39. The lowest BCUT2D eigenvalue weighted by atomic mass is 9.81. The van der Waals surface area contributed by atoms with Gasteiger partial charge in [-0.25, -0.2) is 0 Å². The highest BCUT2D eigenvalue weighted by Crippen LogP contribution is 2.28. The Morgan fingerprint density at radius 1 is 1.00 bits per heavy atom. The number of hydrogen-bond acceptors (Lipinski definition) is 0. The van der Waals surface area contributed by atoms with Crippen molar-refractivity contribution in [3.63, 3.8) is 0 Å². The number of unbranched alkanes of at least 4 members (excludes halogenated alkanes) is 1. The largest absolute Gasteiger partial charge is 0.103 e. The first-order valence-corrected chi connectivity index (χ1v) is 6.40. The van der Waals surface area contributed by atoms with Gasteiger partial charge in [0.1, 0.15) is 0 Å². The second-order valence-corrected chi connectivity index (χ2v) is 4.34. The van der Waals surface area contributed by atoms with Crippen LogP contribution in [0, 0.1) is 11.8 Å². The molecule has 84 valence electrons. The Labute approximate surface area is 90.8 Å². The minimum absolute atomic E-state index is 0.935. The number of hydrogen-bond donors (Lipinski definition) is 0. The standard InChI is InChI=1S/C14H28/c1-5-9-11-13(7-3)14(8-4)12-10-6-2/h5,13-14H,1,6-12H2,2-4H3. The van der Waals surface area contributed by atoms with E-state index in [0.29, 0.717) is 0 Å². The molecule has 0 nitrogen and oxygen atoms in total. The SMILES string of the molecule is C=CCCC(CC)C(CC)CCCC. The molecule has 0 heterocycles. The molecule has 0 bridgehead atoms. The van der Waals surface area contributed by atoms with Gasteiger partial charge in [-0.1, -0.05) is 59.0 Å². The quantitative estimate of drug-likeness (QED) is 0.445. The normalized spacial score (nSPS) is 15.1. The van der Waals surface area contributed by atoms with Crippen molar-refractivity contribution >= 4 is 0 Å². The van der Waals surface area contributed by atoms with E-state index in [1.165, 1.54) is 44.9 Å². The molecule has 0 rings (SSSR count). The zero-order valence-electron chi connectivity index (χ0n) is 10.4. The molecule has 0 aliphatic rings. The Kier molecular flexibility index (Phi) is 9.13. The third kappa shape index (κ3) is 5.47. The van der Waals surface area contributed by atoms with Gasteiger partial charge < -0.3 is 0 Å². The molecule has 0 aromatic rings. The zero-order chi connectivity index (χ0) is 10.8. The van der Waals surface area contributed by atoms with Gasteiger partial charge in [0.25, 0.3) is 0 Å². The van der Waals surface area contributed by atoms with E-state index in [9.17, 15) is 0 Å². The van der Waals surface area contributed by atoms with E-state index < -0.39 is 0 Å². The van der Waals surface area contributed by atoms with Crippen molar-refractivity contribution in [2.75, 3.05) is 0 Å². The second kappa shape index (κ2) is 9.30. The molecule has 0 spiro atoms. The summed E-state index contributed by atoms with van der Waals surface area (Å²) < 4.78 is 0. The molecule has 2 atom stereocenters. The van der Waals surface area contributed by atoms with Crippen LogP contribution in [0.1, 0.15) is 65.7 Å². The Morgan fingerprint density at radius 2 is 1.57 bits per heavy atom. The monoisotopic (exact) mass is 196 g/mol. The molecule has 14 heavy (non-hydrogen) atoms. The van der Waals surface area contributed by atoms with E-state index in [1.807, 2.05) is 0 Å². The van der Waals surface area contributed by atoms with Crippen LogP contribution in [0.4, 0.5) is 0 Å². The summed E-state index contributed by atoms with van der Waals surface area (Å²) in [6.45, 7) is 10.8. The molecular formula is C14H28. The van der Waals surface area contributed by atoms with Gasteiger partial charge >= 0.3 is 0 Å². The molecular weight excluding hydrogens is 168 g/mol. The summed E-state index contributed by atoms with van der Waals surface area (Å²) in [5, 5.41) is 0.